The Bertz CT molecular complexity index is 722. The molecule has 1 heterocycles. The summed E-state index contributed by atoms with van der Waals surface area (Å²) >= 11 is 0. The predicted molar refractivity (Wildman–Crippen MR) is 104 cm³/mol. The Balaban J connectivity index is 2.12. The Hall–Kier alpha value is -2.21. The van der Waals surface area contributed by atoms with Crippen LogP contribution in [0.2, 0.25) is 0 Å². The minimum absolute atomic E-state index is 0.119. The van der Waals surface area contributed by atoms with Crippen LogP contribution in [0.4, 0.5) is 0 Å². The summed E-state index contributed by atoms with van der Waals surface area (Å²) in [6.07, 6.45) is -4.04. The summed E-state index contributed by atoms with van der Waals surface area (Å²) in [7, 11) is 1.42. The smallest absolute Gasteiger partial charge is 0.311 e. The van der Waals surface area contributed by atoms with Crippen LogP contribution in [0.1, 0.15) is 12.5 Å². The van der Waals surface area contributed by atoms with Crippen LogP contribution in [-0.2, 0) is 14.3 Å². The maximum absolute atomic E-state index is 11.7. The molecule has 6 atom stereocenters. The van der Waals surface area contributed by atoms with E-state index in [4.69, 9.17) is 29.2 Å². The van der Waals surface area contributed by atoms with Crippen LogP contribution in [0.15, 0.2) is 24.3 Å². The molecule has 1 aliphatic rings. The molecule has 0 spiro atoms. The van der Waals surface area contributed by atoms with Crippen LogP contribution in [0.5, 0.6) is 11.5 Å². The fourth-order valence-corrected chi connectivity index (χ4v) is 2.73. The van der Waals surface area contributed by atoms with E-state index in [0.717, 1.165) is 5.56 Å². The average molecular weight is 428 g/mol. The van der Waals surface area contributed by atoms with Crippen molar-refractivity contribution in [2.24, 2.45) is 5.92 Å². The number of methoxy groups -OCH3 is 1. The summed E-state index contributed by atoms with van der Waals surface area (Å²) in [5, 5.41) is 48.4. The molecule has 1 aromatic rings. The molecule has 1 aliphatic heterocycles. The molecule has 1 fully saturated rings. The number of hydrogen-bond acceptors (Lipinski definition) is 10. The SMILES string of the molecule is COc1cc(/C=C/CO)ccc1O[C@@H]1O[C@H](COC(=O)[C@H](C)CO)[C@@H](O)[C@H](O)[C@H]1O. The molecule has 2 rings (SSSR count). The van der Waals surface area contributed by atoms with Gasteiger partial charge in [0.15, 0.2) is 11.5 Å². The monoisotopic (exact) mass is 428 g/mol. The molecule has 10 heteroatoms. The van der Waals surface area contributed by atoms with Gasteiger partial charge in [-0.1, -0.05) is 18.2 Å². The zero-order valence-corrected chi connectivity index (χ0v) is 16.7. The van der Waals surface area contributed by atoms with Crippen LogP contribution >= 0.6 is 0 Å². The van der Waals surface area contributed by atoms with E-state index in [1.165, 1.54) is 14.0 Å². The average Bonchev–Trinajstić information content (AvgIpc) is 2.76. The van der Waals surface area contributed by atoms with Gasteiger partial charge in [-0.25, -0.2) is 0 Å². The Labute approximate surface area is 173 Å². The van der Waals surface area contributed by atoms with Gasteiger partial charge >= 0.3 is 5.97 Å². The van der Waals surface area contributed by atoms with Crippen molar-refractivity contribution in [1.82, 2.24) is 0 Å². The standard InChI is InChI=1S/C20H28O10/c1-11(9-22)19(26)28-10-15-16(23)17(24)18(25)20(30-15)29-13-6-5-12(4-3-7-21)8-14(13)27-2/h3-6,8,11,15-18,20-25H,7,9-10H2,1-2H3/b4-3+/t11-,15-,16-,17+,18-,20-/m1/s1. The molecule has 1 aromatic carbocycles. The molecule has 0 unspecified atom stereocenters. The number of ether oxygens (including phenoxy) is 4. The molecule has 0 amide bonds. The van der Waals surface area contributed by atoms with Crippen LogP contribution < -0.4 is 9.47 Å². The van der Waals surface area contributed by atoms with E-state index in [0.29, 0.717) is 5.75 Å². The fraction of sp³-hybridized carbons (Fsp3) is 0.550. The molecule has 30 heavy (non-hydrogen) atoms. The van der Waals surface area contributed by atoms with Gasteiger partial charge in [0, 0.05) is 0 Å². The predicted octanol–water partition coefficient (Wildman–Crippen LogP) is -0.941. The second kappa shape index (κ2) is 11.3. The number of benzene rings is 1. The molecule has 168 valence electrons. The van der Waals surface area contributed by atoms with Gasteiger partial charge in [0.2, 0.25) is 6.29 Å². The van der Waals surface area contributed by atoms with Crippen LogP contribution in [-0.4, -0.2) is 89.1 Å². The van der Waals surface area contributed by atoms with Gasteiger partial charge in [-0.15, -0.1) is 0 Å². The second-order valence-electron chi connectivity index (χ2n) is 6.84. The topological polar surface area (TPSA) is 155 Å². The van der Waals surface area contributed by atoms with Crippen molar-refractivity contribution >= 4 is 12.0 Å². The number of aliphatic hydroxyl groups excluding tert-OH is 5. The third-order valence-corrected chi connectivity index (χ3v) is 4.58. The normalized spacial score (nSPS) is 27.6. The summed E-state index contributed by atoms with van der Waals surface area (Å²) in [5.74, 6) is -0.933. The second-order valence-corrected chi connectivity index (χ2v) is 6.84. The van der Waals surface area contributed by atoms with Gasteiger partial charge in [-0.05, 0) is 24.6 Å². The molecular formula is C20H28O10. The maximum atomic E-state index is 11.7. The first-order chi connectivity index (χ1) is 14.3. The van der Waals surface area contributed by atoms with Crippen molar-refractivity contribution < 1.29 is 49.3 Å². The molecule has 0 saturated carbocycles. The van der Waals surface area contributed by atoms with Crippen molar-refractivity contribution in [3.63, 3.8) is 0 Å². The summed E-state index contributed by atoms with van der Waals surface area (Å²) in [6.45, 7) is 0.544. The lowest BCUT2D eigenvalue weighted by Gasteiger charge is -2.40. The van der Waals surface area contributed by atoms with Crippen molar-refractivity contribution in [3.05, 3.63) is 29.8 Å². The van der Waals surface area contributed by atoms with Crippen LogP contribution in [0.25, 0.3) is 6.08 Å². The Morgan fingerprint density at radius 3 is 2.53 bits per heavy atom. The highest BCUT2D eigenvalue weighted by Crippen LogP contribution is 2.32. The van der Waals surface area contributed by atoms with E-state index in [2.05, 4.69) is 0 Å². The van der Waals surface area contributed by atoms with Gasteiger partial charge < -0.3 is 44.5 Å². The van der Waals surface area contributed by atoms with Crippen LogP contribution in [0, 0.1) is 5.92 Å². The number of hydrogen-bond donors (Lipinski definition) is 5. The number of rotatable bonds is 9. The third-order valence-electron chi connectivity index (χ3n) is 4.58. The minimum atomic E-state index is -1.61. The largest absolute Gasteiger partial charge is 0.493 e. The molecule has 0 radical (unpaired) electrons. The van der Waals surface area contributed by atoms with Gasteiger partial charge in [-0.2, -0.15) is 0 Å². The van der Waals surface area contributed by atoms with Crippen molar-refractivity contribution in [2.75, 3.05) is 26.9 Å². The maximum Gasteiger partial charge on any atom is 0.311 e. The number of esters is 1. The quantitative estimate of drug-likeness (QED) is 0.311. The van der Waals surface area contributed by atoms with E-state index in [1.54, 1.807) is 30.4 Å². The molecule has 5 N–H and O–H groups in total. The first kappa shape index (κ1) is 24.1. The summed E-state index contributed by atoms with van der Waals surface area (Å²) in [5.41, 5.74) is 0.733. The van der Waals surface area contributed by atoms with E-state index in [-0.39, 0.29) is 12.4 Å². The van der Waals surface area contributed by atoms with Crippen molar-refractivity contribution in [1.29, 1.82) is 0 Å². The van der Waals surface area contributed by atoms with Crippen LogP contribution in [0.3, 0.4) is 0 Å². The van der Waals surface area contributed by atoms with E-state index in [9.17, 15) is 20.1 Å². The summed E-state index contributed by atoms with van der Waals surface area (Å²) < 4.78 is 21.4. The number of carbonyl (C=O) groups is 1. The van der Waals surface area contributed by atoms with Crippen molar-refractivity contribution in [2.45, 2.75) is 37.6 Å². The Kier molecular flexibility index (Phi) is 9.03. The first-order valence-electron chi connectivity index (χ1n) is 9.41. The number of carbonyl (C=O) groups excluding carboxylic acids is 1. The molecule has 1 saturated heterocycles. The zero-order chi connectivity index (χ0) is 22.3. The highest BCUT2D eigenvalue weighted by molar-refractivity contribution is 5.72. The Morgan fingerprint density at radius 2 is 1.90 bits per heavy atom. The zero-order valence-electron chi connectivity index (χ0n) is 16.7. The number of aliphatic hydroxyl groups is 5. The molecule has 10 nitrogen and oxygen atoms in total. The molecule has 0 aliphatic carbocycles. The Morgan fingerprint density at radius 1 is 1.17 bits per heavy atom. The third kappa shape index (κ3) is 5.91. The molecule has 0 aromatic heterocycles. The van der Waals surface area contributed by atoms with Gasteiger partial charge in [-0.3, -0.25) is 4.79 Å². The first-order valence-corrected chi connectivity index (χ1v) is 9.41. The van der Waals surface area contributed by atoms with Gasteiger partial charge in [0.25, 0.3) is 0 Å². The highest BCUT2D eigenvalue weighted by atomic mass is 16.7. The van der Waals surface area contributed by atoms with Gasteiger partial charge in [0.1, 0.15) is 31.0 Å². The summed E-state index contributed by atoms with van der Waals surface area (Å²) in [4.78, 5) is 11.7. The fourth-order valence-electron chi connectivity index (χ4n) is 2.73. The lowest BCUT2D eigenvalue weighted by atomic mass is 9.99. The molecular weight excluding hydrogens is 400 g/mol. The molecule has 0 bridgehead atoms. The van der Waals surface area contributed by atoms with Gasteiger partial charge in [0.05, 0.1) is 26.2 Å². The minimum Gasteiger partial charge on any atom is -0.493 e. The highest BCUT2D eigenvalue weighted by Gasteiger charge is 2.45. The lowest BCUT2D eigenvalue weighted by Crippen LogP contribution is -2.60. The lowest BCUT2D eigenvalue weighted by molar-refractivity contribution is -0.279. The van der Waals surface area contributed by atoms with E-state index in [1.807, 2.05) is 0 Å². The van der Waals surface area contributed by atoms with Crippen molar-refractivity contribution in [3.8, 4) is 11.5 Å². The van der Waals surface area contributed by atoms with E-state index >= 15 is 0 Å². The van der Waals surface area contributed by atoms with E-state index < -0.39 is 55.8 Å². The summed E-state index contributed by atoms with van der Waals surface area (Å²) in [6, 6.07) is 4.87.